The van der Waals surface area contributed by atoms with Gasteiger partial charge in [-0.2, -0.15) is 0 Å². The molecule has 0 atom stereocenters. The Kier molecular flexibility index (Phi) is 10.9. The van der Waals surface area contributed by atoms with E-state index in [2.05, 4.69) is 46.6 Å². The van der Waals surface area contributed by atoms with E-state index in [-0.39, 0.29) is 28.6 Å². The van der Waals surface area contributed by atoms with Crippen molar-refractivity contribution in [2.45, 2.75) is 107 Å². The van der Waals surface area contributed by atoms with Crippen molar-refractivity contribution < 1.29 is 14.3 Å². The van der Waals surface area contributed by atoms with Crippen molar-refractivity contribution in [3.05, 3.63) is 0 Å². The zero-order valence-corrected chi connectivity index (χ0v) is 22.9. The van der Waals surface area contributed by atoms with Crippen LogP contribution in [0.15, 0.2) is 0 Å². The predicted octanol–water partition coefficient (Wildman–Crippen LogP) is 5.42. The molecule has 0 spiro atoms. The van der Waals surface area contributed by atoms with Crippen LogP contribution in [-0.2, 0) is 14.3 Å². The van der Waals surface area contributed by atoms with Crippen molar-refractivity contribution in [1.29, 1.82) is 0 Å². The Morgan fingerprint density at radius 2 is 1.45 bits per heavy atom. The van der Waals surface area contributed by atoms with Gasteiger partial charge in [-0.3, -0.25) is 9.59 Å². The number of carbonyl (C=O) groups is 2. The maximum Gasteiger partial charge on any atom is 0.228 e. The van der Waals surface area contributed by atoms with E-state index in [1.807, 2.05) is 53.5 Å². The first-order chi connectivity index (χ1) is 13.8. The predicted molar refractivity (Wildman–Crippen MR) is 131 cm³/mol. The monoisotopic (exact) mass is 440 g/mol. The largest absolute Gasteiger partial charge is 0.375 e. The maximum atomic E-state index is 13.2. The first-order valence-corrected chi connectivity index (χ1v) is 11.9. The van der Waals surface area contributed by atoms with Gasteiger partial charge in [0.15, 0.2) is 0 Å². The molecule has 1 amide bonds. The molecule has 0 saturated heterocycles. The van der Waals surface area contributed by atoms with Gasteiger partial charge in [-0.15, -0.1) is 0 Å². The molecule has 0 aromatic carbocycles. The molecular weight excluding hydrogens is 388 g/mol. The topological polar surface area (TPSA) is 49.9 Å². The lowest BCUT2D eigenvalue weighted by Crippen LogP contribution is -2.48. The number of hydrogen-bond donors (Lipinski definition) is 0. The molecule has 5 heteroatoms. The number of nitrogens with zero attached hydrogens (tertiary/aromatic N) is 2. The number of Topliss-reactive ketones (excluding diaryl/α,β-unsaturated/α-hetero) is 1. The van der Waals surface area contributed by atoms with Crippen LogP contribution in [-0.4, -0.2) is 66.4 Å². The second kappa shape index (κ2) is 11.3. The van der Waals surface area contributed by atoms with Gasteiger partial charge in [0.2, 0.25) is 5.91 Å². The lowest BCUT2D eigenvalue weighted by Gasteiger charge is -2.43. The molecular formula is C26H52N2O3. The zero-order valence-electron chi connectivity index (χ0n) is 22.9. The van der Waals surface area contributed by atoms with E-state index < -0.39 is 11.0 Å². The smallest absolute Gasteiger partial charge is 0.228 e. The molecule has 0 bridgehead atoms. The van der Waals surface area contributed by atoms with Gasteiger partial charge in [-0.25, -0.2) is 0 Å². The highest BCUT2D eigenvalue weighted by atomic mass is 16.5. The Hall–Kier alpha value is -0.940. The molecule has 0 rings (SSSR count). The van der Waals surface area contributed by atoms with Crippen molar-refractivity contribution in [2.24, 2.45) is 16.7 Å². The van der Waals surface area contributed by atoms with E-state index in [4.69, 9.17) is 4.74 Å². The van der Waals surface area contributed by atoms with Gasteiger partial charge in [0.25, 0.3) is 0 Å². The van der Waals surface area contributed by atoms with Gasteiger partial charge in [0, 0.05) is 43.5 Å². The molecule has 184 valence electrons. The molecule has 0 aromatic heterocycles. The van der Waals surface area contributed by atoms with Crippen LogP contribution in [0.2, 0.25) is 0 Å². The fraction of sp³-hybridized carbons (Fsp3) is 0.923. The summed E-state index contributed by atoms with van der Waals surface area (Å²) in [5.74, 6) is 0.362. The summed E-state index contributed by atoms with van der Waals surface area (Å²) in [5.41, 5.74) is -0.947. The summed E-state index contributed by atoms with van der Waals surface area (Å²) < 4.78 is 6.02. The summed E-state index contributed by atoms with van der Waals surface area (Å²) in [6.07, 6.45) is 2.03. The standard InChI is InChI=1S/C26H52N2O3/c1-14-28(13)25(8,9)18-23(4,5)19-27(12)22(30)24(6,7)15-16-31-26(10,11)17-21(29)20(2)3/h20H,14-19H2,1-13H3. The molecule has 0 aromatic rings. The van der Waals surface area contributed by atoms with E-state index in [9.17, 15) is 9.59 Å². The molecule has 0 heterocycles. The van der Waals surface area contributed by atoms with Crippen LogP contribution in [0, 0.1) is 16.7 Å². The third-order valence-corrected chi connectivity index (χ3v) is 6.47. The number of ether oxygens (including phenoxy) is 1. The van der Waals surface area contributed by atoms with Crippen molar-refractivity contribution in [1.82, 2.24) is 9.80 Å². The molecule has 0 fully saturated rings. The molecule has 31 heavy (non-hydrogen) atoms. The summed E-state index contributed by atoms with van der Waals surface area (Å²) >= 11 is 0. The molecule has 0 aliphatic carbocycles. The van der Waals surface area contributed by atoms with Crippen molar-refractivity contribution >= 4 is 11.7 Å². The highest BCUT2D eigenvalue weighted by Gasteiger charge is 2.36. The quantitative estimate of drug-likeness (QED) is 0.362. The number of ketones is 1. The minimum atomic E-state index is -0.515. The van der Waals surface area contributed by atoms with Crippen LogP contribution in [0.3, 0.4) is 0 Å². The number of amides is 1. The molecule has 0 saturated carbocycles. The SMILES string of the molecule is CCN(C)C(C)(C)CC(C)(C)CN(C)C(=O)C(C)(C)CCOC(C)(C)CC(=O)C(C)C. The molecule has 0 aliphatic heterocycles. The normalized spacial score (nSPS) is 13.8. The Balaban J connectivity index is 4.90. The van der Waals surface area contributed by atoms with Crippen LogP contribution in [0.5, 0.6) is 0 Å². The third kappa shape index (κ3) is 10.5. The Bertz CT molecular complexity index is 591. The Morgan fingerprint density at radius 1 is 0.935 bits per heavy atom. The average molecular weight is 441 g/mol. The van der Waals surface area contributed by atoms with Crippen LogP contribution in [0.25, 0.3) is 0 Å². The van der Waals surface area contributed by atoms with E-state index in [0.717, 1.165) is 13.0 Å². The molecule has 0 N–H and O–H groups in total. The Labute approximate surface area is 193 Å². The maximum absolute atomic E-state index is 13.2. The van der Waals surface area contributed by atoms with Gasteiger partial charge < -0.3 is 14.5 Å². The van der Waals surface area contributed by atoms with Gasteiger partial charge in [0.05, 0.1) is 5.60 Å². The minimum absolute atomic E-state index is 0.00309. The van der Waals surface area contributed by atoms with Crippen LogP contribution in [0.1, 0.15) is 95.4 Å². The third-order valence-electron chi connectivity index (χ3n) is 6.47. The van der Waals surface area contributed by atoms with E-state index in [1.165, 1.54) is 0 Å². The summed E-state index contributed by atoms with van der Waals surface area (Å²) in [5, 5.41) is 0. The number of hydrogen-bond acceptors (Lipinski definition) is 4. The Morgan fingerprint density at radius 3 is 1.90 bits per heavy atom. The summed E-state index contributed by atoms with van der Waals surface area (Å²) in [4.78, 5) is 29.5. The molecule has 0 aliphatic rings. The average Bonchev–Trinajstić information content (AvgIpc) is 2.57. The lowest BCUT2D eigenvalue weighted by molar-refractivity contribution is -0.143. The highest BCUT2D eigenvalue weighted by Crippen LogP contribution is 2.33. The van der Waals surface area contributed by atoms with E-state index in [0.29, 0.717) is 26.0 Å². The summed E-state index contributed by atoms with van der Waals surface area (Å²) in [7, 11) is 4.07. The van der Waals surface area contributed by atoms with Crippen LogP contribution in [0.4, 0.5) is 0 Å². The van der Waals surface area contributed by atoms with Gasteiger partial charge in [-0.1, -0.05) is 48.5 Å². The summed E-state index contributed by atoms with van der Waals surface area (Å²) in [6, 6.07) is 0. The minimum Gasteiger partial charge on any atom is -0.375 e. The molecule has 0 unspecified atom stereocenters. The number of rotatable bonds is 14. The second-order valence-corrected chi connectivity index (χ2v) is 12.4. The van der Waals surface area contributed by atoms with Gasteiger partial charge in [0.1, 0.15) is 5.78 Å². The summed E-state index contributed by atoms with van der Waals surface area (Å²) in [6.45, 7) is 25.1. The molecule has 0 radical (unpaired) electrons. The zero-order chi connectivity index (χ0) is 24.8. The fourth-order valence-corrected chi connectivity index (χ4v) is 4.38. The van der Waals surface area contributed by atoms with Gasteiger partial charge >= 0.3 is 0 Å². The second-order valence-electron chi connectivity index (χ2n) is 12.4. The van der Waals surface area contributed by atoms with Gasteiger partial charge in [-0.05, 0) is 59.5 Å². The molecule has 5 nitrogen and oxygen atoms in total. The van der Waals surface area contributed by atoms with Crippen LogP contribution >= 0.6 is 0 Å². The van der Waals surface area contributed by atoms with Crippen LogP contribution < -0.4 is 0 Å². The van der Waals surface area contributed by atoms with Crippen molar-refractivity contribution in [2.75, 3.05) is 33.8 Å². The van der Waals surface area contributed by atoms with E-state index >= 15 is 0 Å². The highest BCUT2D eigenvalue weighted by molar-refractivity contribution is 5.82. The van der Waals surface area contributed by atoms with E-state index in [1.54, 1.807) is 0 Å². The lowest BCUT2D eigenvalue weighted by atomic mass is 9.78. The van der Waals surface area contributed by atoms with Crippen molar-refractivity contribution in [3.63, 3.8) is 0 Å². The fourth-order valence-electron chi connectivity index (χ4n) is 4.38. The first kappa shape index (κ1) is 30.1. The van der Waals surface area contributed by atoms with Crippen molar-refractivity contribution in [3.8, 4) is 0 Å². The first-order valence-electron chi connectivity index (χ1n) is 11.9. The number of carbonyl (C=O) groups excluding carboxylic acids is 2.